The van der Waals surface area contributed by atoms with Crippen LogP contribution in [0.1, 0.15) is 33.1 Å². The predicted octanol–water partition coefficient (Wildman–Crippen LogP) is 1.96. The quantitative estimate of drug-likeness (QED) is 0.626. The molecule has 0 aromatic carbocycles. The standard InChI is InChI=1S/C10H17NO/c1-3-7-11-8-5-4-6-10(11)9(2)12/h3,7,10H,4-6,8H2,1-2H3. The molecule has 0 spiro atoms. The lowest BCUT2D eigenvalue weighted by Crippen LogP contribution is -2.40. The Morgan fingerprint density at radius 1 is 1.50 bits per heavy atom. The number of rotatable bonds is 2. The van der Waals surface area contributed by atoms with Crippen LogP contribution in [-0.2, 0) is 4.79 Å². The summed E-state index contributed by atoms with van der Waals surface area (Å²) in [6.45, 7) is 4.72. The molecule has 0 aromatic rings. The Morgan fingerprint density at radius 2 is 2.25 bits per heavy atom. The lowest BCUT2D eigenvalue weighted by Gasteiger charge is -2.33. The monoisotopic (exact) mass is 167 g/mol. The summed E-state index contributed by atoms with van der Waals surface area (Å²) < 4.78 is 0. The molecule has 0 N–H and O–H groups in total. The van der Waals surface area contributed by atoms with Gasteiger partial charge in [0.1, 0.15) is 0 Å². The smallest absolute Gasteiger partial charge is 0.152 e. The number of likely N-dealkylation sites (tertiary alicyclic amines) is 1. The largest absolute Gasteiger partial charge is 0.368 e. The highest BCUT2D eigenvalue weighted by atomic mass is 16.1. The zero-order valence-corrected chi connectivity index (χ0v) is 7.92. The average Bonchev–Trinajstić information content (AvgIpc) is 2.05. The SMILES string of the molecule is CC=CN1CCCCC1C(C)=O. The molecule has 1 saturated heterocycles. The zero-order valence-electron chi connectivity index (χ0n) is 7.92. The number of carbonyl (C=O) groups excluding carboxylic acids is 1. The van der Waals surface area contributed by atoms with E-state index in [9.17, 15) is 4.79 Å². The molecule has 1 aliphatic heterocycles. The van der Waals surface area contributed by atoms with Gasteiger partial charge in [-0.3, -0.25) is 4.79 Å². The molecule has 1 unspecified atom stereocenters. The Hall–Kier alpha value is -0.790. The topological polar surface area (TPSA) is 20.3 Å². The third-order valence-corrected chi connectivity index (χ3v) is 2.35. The second kappa shape index (κ2) is 4.29. The summed E-state index contributed by atoms with van der Waals surface area (Å²) >= 11 is 0. The highest BCUT2D eigenvalue weighted by Gasteiger charge is 2.22. The van der Waals surface area contributed by atoms with Crippen molar-refractivity contribution in [2.24, 2.45) is 0 Å². The van der Waals surface area contributed by atoms with E-state index in [1.54, 1.807) is 6.92 Å². The average molecular weight is 167 g/mol. The maximum Gasteiger partial charge on any atom is 0.152 e. The van der Waals surface area contributed by atoms with Gasteiger partial charge in [-0.2, -0.15) is 0 Å². The Morgan fingerprint density at radius 3 is 2.83 bits per heavy atom. The molecule has 0 radical (unpaired) electrons. The van der Waals surface area contributed by atoms with Crippen LogP contribution in [0.5, 0.6) is 0 Å². The minimum Gasteiger partial charge on any atom is -0.368 e. The number of nitrogens with zero attached hydrogens (tertiary/aromatic N) is 1. The Labute approximate surface area is 74.2 Å². The van der Waals surface area contributed by atoms with Crippen molar-refractivity contribution < 1.29 is 4.79 Å². The fourth-order valence-electron chi connectivity index (χ4n) is 1.76. The molecule has 2 nitrogen and oxygen atoms in total. The van der Waals surface area contributed by atoms with E-state index < -0.39 is 0 Å². The van der Waals surface area contributed by atoms with Crippen LogP contribution in [0.15, 0.2) is 12.3 Å². The Kier molecular flexibility index (Phi) is 3.32. The van der Waals surface area contributed by atoms with Gasteiger partial charge in [-0.25, -0.2) is 0 Å². The lowest BCUT2D eigenvalue weighted by atomic mass is 10.00. The van der Waals surface area contributed by atoms with Gasteiger partial charge < -0.3 is 4.90 Å². The lowest BCUT2D eigenvalue weighted by molar-refractivity contribution is -0.122. The number of Topliss-reactive ketones (excluding diaryl/α,β-unsaturated/α-hetero) is 1. The zero-order chi connectivity index (χ0) is 8.97. The maximum atomic E-state index is 11.2. The molecule has 68 valence electrons. The molecule has 0 saturated carbocycles. The molecule has 1 heterocycles. The molecular formula is C10H17NO. The van der Waals surface area contributed by atoms with E-state index in [0.29, 0.717) is 5.78 Å². The minimum absolute atomic E-state index is 0.148. The molecule has 1 rings (SSSR count). The highest BCUT2D eigenvalue weighted by molar-refractivity contribution is 5.81. The summed E-state index contributed by atoms with van der Waals surface area (Å²) in [5.74, 6) is 0.299. The van der Waals surface area contributed by atoms with Gasteiger partial charge in [0.05, 0.1) is 6.04 Å². The third kappa shape index (κ3) is 2.10. The molecule has 0 aromatic heterocycles. The predicted molar refractivity (Wildman–Crippen MR) is 49.8 cm³/mol. The van der Waals surface area contributed by atoms with Gasteiger partial charge in [0.25, 0.3) is 0 Å². The Balaban J connectivity index is 2.60. The summed E-state index contributed by atoms with van der Waals surface area (Å²) in [6, 6.07) is 0.148. The molecule has 0 amide bonds. The first-order chi connectivity index (χ1) is 5.75. The van der Waals surface area contributed by atoms with Crippen molar-refractivity contribution in [2.75, 3.05) is 6.54 Å². The summed E-state index contributed by atoms with van der Waals surface area (Å²) in [5.41, 5.74) is 0. The molecule has 1 atom stereocenters. The van der Waals surface area contributed by atoms with Gasteiger partial charge in [0.15, 0.2) is 5.78 Å². The first kappa shape index (κ1) is 9.30. The number of hydrogen-bond donors (Lipinski definition) is 0. The van der Waals surface area contributed by atoms with Gasteiger partial charge in [0, 0.05) is 6.54 Å². The summed E-state index contributed by atoms with van der Waals surface area (Å²) in [6.07, 6.45) is 7.47. The second-order valence-corrected chi connectivity index (χ2v) is 3.34. The van der Waals surface area contributed by atoms with Crippen molar-refractivity contribution in [1.82, 2.24) is 4.90 Å². The molecule has 1 fully saturated rings. The normalized spacial score (nSPS) is 24.8. The van der Waals surface area contributed by atoms with E-state index in [2.05, 4.69) is 4.90 Å². The van der Waals surface area contributed by atoms with Crippen LogP contribution in [0.3, 0.4) is 0 Å². The van der Waals surface area contributed by atoms with Crippen LogP contribution in [0.2, 0.25) is 0 Å². The number of carbonyl (C=O) groups is 1. The van der Waals surface area contributed by atoms with Crippen LogP contribution >= 0.6 is 0 Å². The van der Waals surface area contributed by atoms with Crippen molar-refractivity contribution in [3.05, 3.63) is 12.3 Å². The van der Waals surface area contributed by atoms with E-state index in [1.807, 2.05) is 19.2 Å². The first-order valence-corrected chi connectivity index (χ1v) is 4.64. The highest BCUT2D eigenvalue weighted by Crippen LogP contribution is 2.17. The molecule has 12 heavy (non-hydrogen) atoms. The fourth-order valence-corrected chi connectivity index (χ4v) is 1.76. The van der Waals surface area contributed by atoms with E-state index in [-0.39, 0.29) is 6.04 Å². The van der Waals surface area contributed by atoms with Crippen LogP contribution in [0, 0.1) is 0 Å². The molecule has 0 bridgehead atoms. The molecule has 1 aliphatic rings. The Bertz CT molecular complexity index is 186. The van der Waals surface area contributed by atoms with Crippen molar-refractivity contribution in [1.29, 1.82) is 0 Å². The number of ketones is 1. The van der Waals surface area contributed by atoms with Crippen molar-refractivity contribution in [2.45, 2.75) is 39.2 Å². The molecule has 2 heteroatoms. The van der Waals surface area contributed by atoms with Gasteiger partial charge in [-0.1, -0.05) is 6.08 Å². The minimum atomic E-state index is 0.148. The summed E-state index contributed by atoms with van der Waals surface area (Å²) in [4.78, 5) is 13.4. The summed E-state index contributed by atoms with van der Waals surface area (Å²) in [7, 11) is 0. The van der Waals surface area contributed by atoms with E-state index in [1.165, 1.54) is 12.8 Å². The number of hydrogen-bond acceptors (Lipinski definition) is 2. The van der Waals surface area contributed by atoms with Gasteiger partial charge in [0.2, 0.25) is 0 Å². The van der Waals surface area contributed by atoms with E-state index >= 15 is 0 Å². The van der Waals surface area contributed by atoms with Gasteiger partial charge >= 0.3 is 0 Å². The van der Waals surface area contributed by atoms with Crippen LogP contribution < -0.4 is 0 Å². The van der Waals surface area contributed by atoms with Gasteiger partial charge in [-0.15, -0.1) is 0 Å². The van der Waals surface area contributed by atoms with E-state index in [0.717, 1.165) is 13.0 Å². The van der Waals surface area contributed by atoms with E-state index in [4.69, 9.17) is 0 Å². The maximum absolute atomic E-state index is 11.2. The van der Waals surface area contributed by atoms with Crippen molar-refractivity contribution >= 4 is 5.78 Å². The molecule has 0 aliphatic carbocycles. The van der Waals surface area contributed by atoms with Crippen molar-refractivity contribution in [3.8, 4) is 0 Å². The van der Waals surface area contributed by atoms with Crippen molar-refractivity contribution in [3.63, 3.8) is 0 Å². The van der Waals surface area contributed by atoms with Crippen LogP contribution in [0.25, 0.3) is 0 Å². The second-order valence-electron chi connectivity index (χ2n) is 3.34. The summed E-state index contributed by atoms with van der Waals surface area (Å²) in [5, 5.41) is 0. The van der Waals surface area contributed by atoms with Crippen LogP contribution in [0.4, 0.5) is 0 Å². The van der Waals surface area contributed by atoms with Crippen LogP contribution in [-0.4, -0.2) is 23.3 Å². The first-order valence-electron chi connectivity index (χ1n) is 4.64. The number of allylic oxidation sites excluding steroid dienone is 1. The number of piperidine rings is 1. The molecular weight excluding hydrogens is 150 g/mol. The fraction of sp³-hybridized carbons (Fsp3) is 0.700. The third-order valence-electron chi connectivity index (χ3n) is 2.35. The van der Waals surface area contributed by atoms with Gasteiger partial charge in [-0.05, 0) is 39.3 Å².